The maximum absolute atomic E-state index is 11.3. The predicted molar refractivity (Wildman–Crippen MR) is 79.3 cm³/mol. The van der Waals surface area contributed by atoms with Crippen molar-refractivity contribution in [2.75, 3.05) is 13.1 Å². The lowest BCUT2D eigenvalue weighted by Crippen LogP contribution is -2.44. The number of thiophene rings is 1. The monoisotopic (exact) mass is 301 g/mol. The van der Waals surface area contributed by atoms with Gasteiger partial charge in [0.05, 0.1) is 16.9 Å². The molecule has 0 aromatic carbocycles. The molecule has 1 amide bonds. The van der Waals surface area contributed by atoms with E-state index in [-0.39, 0.29) is 18.5 Å². The van der Waals surface area contributed by atoms with Gasteiger partial charge in [0.15, 0.2) is 0 Å². The van der Waals surface area contributed by atoms with Gasteiger partial charge < -0.3 is 11.5 Å². The third-order valence-corrected chi connectivity index (χ3v) is 5.01. The summed E-state index contributed by atoms with van der Waals surface area (Å²) >= 11 is 7.53. The fourth-order valence-electron chi connectivity index (χ4n) is 2.83. The molecule has 0 radical (unpaired) electrons. The number of nitrogens with two attached hydrogens (primary N) is 2. The second-order valence-electron chi connectivity index (χ2n) is 4.97. The number of carbonyl (C=O) groups excluding carboxylic acids is 1. The molecule has 0 saturated heterocycles. The van der Waals surface area contributed by atoms with Crippen LogP contribution in [0, 0.1) is 0 Å². The minimum Gasteiger partial charge on any atom is -0.369 e. The van der Waals surface area contributed by atoms with Crippen molar-refractivity contribution in [2.45, 2.75) is 37.8 Å². The van der Waals surface area contributed by atoms with E-state index in [9.17, 15) is 4.79 Å². The van der Waals surface area contributed by atoms with Gasteiger partial charge in [-0.05, 0) is 25.0 Å². The lowest BCUT2D eigenvalue weighted by Gasteiger charge is -2.34. The van der Waals surface area contributed by atoms with E-state index in [0.29, 0.717) is 12.6 Å². The van der Waals surface area contributed by atoms with Crippen LogP contribution in [0.2, 0.25) is 4.34 Å². The zero-order valence-corrected chi connectivity index (χ0v) is 12.4. The number of primary amides is 1. The van der Waals surface area contributed by atoms with E-state index in [1.54, 1.807) is 0 Å². The summed E-state index contributed by atoms with van der Waals surface area (Å²) in [5.41, 5.74) is 11.3. The Kier molecular flexibility index (Phi) is 5.21. The number of carbonyl (C=O) groups is 1. The molecule has 0 bridgehead atoms. The smallest absolute Gasteiger partial charge is 0.231 e. The summed E-state index contributed by atoms with van der Waals surface area (Å²) in [5, 5.41) is 0. The van der Waals surface area contributed by atoms with Gasteiger partial charge in [-0.2, -0.15) is 0 Å². The Morgan fingerprint density at radius 2 is 2.16 bits per heavy atom. The van der Waals surface area contributed by atoms with Gasteiger partial charge in [-0.25, -0.2) is 0 Å². The Bertz CT molecular complexity index is 431. The first-order valence-electron chi connectivity index (χ1n) is 6.61. The van der Waals surface area contributed by atoms with E-state index in [4.69, 9.17) is 23.1 Å². The molecule has 2 rings (SSSR count). The van der Waals surface area contributed by atoms with Crippen LogP contribution in [0.25, 0.3) is 0 Å². The Balaban J connectivity index is 2.20. The van der Waals surface area contributed by atoms with Gasteiger partial charge in [0, 0.05) is 17.5 Å². The van der Waals surface area contributed by atoms with Gasteiger partial charge in [-0.3, -0.25) is 9.69 Å². The zero-order chi connectivity index (χ0) is 13.8. The van der Waals surface area contributed by atoms with Gasteiger partial charge in [0.2, 0.25) is 5.91 Å². The second-order valence-corrected chi connectivity index (χ2v) is 6.72. The first kappa shape index (κ1) is 14.8. The van der Waals surface area contributed by atoms with E-state index in [2.05, 4.69) is 4.90 Å². The highest BCUT2D eigenvalue weighted by molar-refractivity contribution is 7.16. The highest BCUT2D eigenvalue weighted by Crippen LogP contribution is 2.34. The molecule has 1 heterocycles. The second kappa shape index (κ2) is 6.70. The Morgan fingerprint density at radius 3 is 2.63 bits per heavy atom. The zero-order valence-electron chi connectivity index (χ0n) is 10.8. The molecule has 4 nitrogen and oxygen atoms in total. The van der Waals surface area contributed by atoms with Crippen molar-refractivity contribution in [1.82, 2.24) is 4.90 Å². The van der Waals surface area contributed by atoms with Crippen LogP contribution in [-0.2, 0) is 4.79 Å². The molecule has 4 N–H and O–H groups in total. The van der Waals surface area contributed by atoms with Crippen LogP contribution in [0.1, 0.15) is 36.6 Å². The van der Waals surface area contributed by atoms with Crippen LogP contribution >= 0.6 is 22.9 Å². The lowest BCUT2D eigenvalue weighted by atomic mass is 10.1. The molecule has 6 heteroatoms. The average molecular weight is 302 g/mol. The number of rotatable bonds is 6. The minimum atomic E-state index is -0.298. The largest absolute Gasteiger partial charge is 0.369 e. The Morgan fingerprint density at radius 1 is 1.47 bits per heavy atom. The molecule has 1 fully saturated rings. The molecule has 19 heavy (non-hydrogen) atoms. The molecule has 1 atom stereocenters. The molecule has 0 aliphatic heterocycles. The molecule has 1 unspecified atom stereocenters. The van der Waals surface area contributed by atoms with Crippen molar-refractivity contribution in [3.63, 3.8) is 0 Å². The molecule has 0 spiro atoms. The Hall–Kier alpha value is -0.620. The van der Waals surface area contributed by atoms with E-state index in [1.807, 2.05) is 12.1 Å². The lowest BCUT2D eigenvalue weighted by molar-refractivity contribution is -0.120. The highest BCUT2D eigenvalue weighted by atomic mass is 35.5. The first-order valence-corrected chi connectivity index (χ1v) is 7.80. The highest BCUT2D eigenvalue weighted by Gasteiger charge is 2.30. The van der Waals surface area contributed by atoms with Crippen LogP contribution < -0.4 is 11.5 Å². The van der Waals surface area contributed by atoms with E-state index >= 15 is 0 Å². The standard InChI is InChI=1S/C13H20ClN3OS/c14-12-6-5-11(19-12)10(7-15)17(8-13(16)18)9-3-1-2-4-9/h5-6,9-10H,1-4,7-8,15H2,(H2,16,18). The third-order valence-electron chi connectivity index (χ3n) is 3.68. The van der Waals surface area contributed by atoms with E-state index in [1.165, 1.54) is 24.2 Å². The van der Waals surface area contributed by atoms with Gasteiger partial charge in [-0.1, -0.05) is 24.4 Å². The van der Waals surface area contributed by atoms with Gasteiger partial charge in [0.1, 0.15) is 0 Å². The summed E-state index contributed by atoms with van der Waals surface area (Å²) in [5.74, 6) is -0.298. The maximum atomic E-state index is 11.3. The number of hydrogen-bond donors (Lipinski definition) is 2. The molecule has 1 aromatic rings. The van der Waals surface area contributed by atoms with Gasteiger partial charge in [-0.15, -0.1) is 11.3 Å². The molecular weight excluding hydrogens is 282 g/mol. The SMILES string of the molecule is NCC(c1ccc(Cl)s1)N(CC(N)=O)C1CCCC1. The van der Waals surface area contributed by atoms with Crippen LogP contribution in [0.5, 0.6) is 0 Å². The Labute approximate surface area is 122 Å². The summed E-state index contributed by atoms with van der Waals surface area (Å²) in [6.07, 6.45) is 4.65. The quantitative estimate of drug-likeness (QED) is 0.845. The molecule has 1 aliphatic rings. The number of hydrogen-bond acceptors (Lipinski definition) is 4. The van der Waals surface area contributed by atoms with Crippen LogP contribution in [0.4, 0.5) is 0 Å². The van der Waals surface area contributed by atoms with Crippen molar-refractivity contribution in [2.24, 2.45) is 11.5 Å². The summed E-state index contributed by atoms with van der Waals surface area (Å²) in [7, 11) is 0. The summed E-state index contributed by atoms with van der Waals surface area (Å²) in [6.45, 7) is 0.739. The van der Waals surface area contributed by atoms with Crippen LogP contribution in [0.3, 0.4) is 0 Å². The molecule has 1 saturated carbocycles. The van der Waals surface area contributed by atoms with Crippen molar-refractivity contribution in [3.05, 3.63) is 21.3 Å². The third kappa shape index (κ3) is 3.69. The van der Waals surface area contributed by atoms with Crippen LogP contribution in [0.15, 0.2) is 12.1 Å². The summed E-state index contributed by atoms with van der Waals surface area (Å²) in [6, 6.07) is 4.31. The minimum absolute atomic E-state index is 0.0353. The van der Waals surface area contributed by atoms with Crippen molar-refractivity contribution >= 4 is 28.8 Å². The van der Waals surface area contributed by atoms with Gasteiger partial charge >= 0.3 is 0 Å². The molecule has 106 valence electrons. The molecule has 1 aromatic heterocycles. The van der Waals surface area contributed by atoms with E-state index in [0.717, 1.165) is 22.1 Å². The fraction of sp³-hybridized carbons (Fsp3) is 0.615. The predicted octanol–water partition coefficient (Wildman–Crippen LogP) is 2.13. The summed E-state index contributed by atoms with van der Waals surface area (Å²) < 4.78 is 0.749. The van der Waals surface area contributed by atoms with Gasteiger partial charge in [0.25, 0.3) is 0 Å². The number of amides is 1. The molecular formula is C13H20ClN3OS. The maximum Gasteiger partial charge on any atom is 0.231 e. The number of halogens is 1. The van der Waals surface area contributed by atoms with Crippen molar-refractivity contribution in [3.8, 4) is 0 Å². The first-order chi connectivity index (χ1) is 9.11. The topological polar surface area (TPSA) is 72.3 Å². The molecule has 1 aliphatic carbocycles. The fourth-order valence-corrected chi connectivity index (χ4v) is 4.03. The number of nitrogens with zero attached hydrogens (tertiary/aromatic N) is 1. The summed E-state index contributed by atoms with van der Waals surface area (Å²) in [4.78, 5) is 14.6. The normalized spacial score (nSPS) is 18.1. The van der Waals surface area contributed by atoms with Crippen LogP contribution in [-0.4, -0.2) is 29.9 Å². The average Bonchev–Trinajstić information content (AvgIpc) is 2.99. The van der Waals surface area contributed by atoms with Crippen molar-refractivity contribution < 1.29 is 4.79 Å². The van der Waals surface area contributed by atoms with E-state index < -0.39 is 0 Å². The van der Waals surface area contributed by atoms with Crippen molar-refractivity contribution in [1.29, 1.82) is 0 Å².